The van der Waals surface area contributed by atoms with Crippen molar-refractivity contribution in [3.05, 3.63) is 35.4 Å². The summed E-state index contributed by atoms with van der Waals surface area (Å²) in [4.78, 5) is 0. The monoisotopic (exact) mass is 261 g/mol. The molecule has 0 bridgehead atoms. The minimum Gasteiger partial charge on any atom is -0.379 e. The quantitative estimate of drug-likeness (QED) is 0.888. The average Bonchev–Trinajstić information content (AvgIpc) is 2.26. The number of hydrogen-bond donors (Lipinski definition) is 1. The highest BCUT2D eigenvalue weighted by atomic mass is 16.5. The van der Waals surface area contributed by atoms with E-state index >= 15 is 0 Å². The molecule has 19 heavy (non-hydrogen) atoms. The van der Waals surface area contributed by atoms with Crippen molar-refractivity contribution >= 4 is 0 Å². The number of methoxy groups -OCH3 is 1. The van der Waals surface area contributed by atoms with Gasteiger partial charge in [0.15, 0.2) is 0 Å². The molecule has 2 rings (SSSR count). The Bertz CT molecular complexity index is 418. The van der Waals surface area contributed by atoms with Crippen LogP contribution in [0.5, 0.6) is 0 Å². The third kappa shape index (κ3) is 3.18. The molecular formula is C17H27NO. The summed E-state index contributed by atoms with van der Waals surface area (Å²) >= 11 is 0. The Labute approximate surface area is 117 Å². The lowest BCUT2D eigenvalue weighted by atomic mass is 9.78. The summed E-state index contributed by atoms with van der Waals surface area (Å²) in [7, 11) is 1.76. The van der Waals surface area contributed by atoms with Crippen LogP contribution >= 0.6 is 0 Å². The van der Waals surface area contributed by atoms with Crippen LogP contribution in [0.3, 0.4) is 0 Å². The summed E-state index contributed by atoms with van der Waals surface area (Å²) in [5, 5.41) is 0. The minimum atomic E-state index is -0.0648. The number of rotatable bonds is 4. The van der Waals surface area contributed by atoms with Crippen LogP contribution in [0.1, 0.15) is 63.1 Å². The fraction of sp³-hybridized carbons (Fsp3) is 0.647. The minimum absolute atomic E-state index is 0.0316. The summed E-state index contributed by atoms with van der Waals surface area (Å²) in [5.74, 6) is 0.753. The van der Waals surface area contributed by atoms with Gasteiger partial charge < -0.3 is 10.5 Å². The molecular weight excluding hydrogens is 234 g/mol. The van der Waals surface area contributed by atoms with E-state index in [4.69, 9.17) is 10.5 Å². The summed E-state index contributed by atoms with van der Waals surface area (Å²) in [6.07, 6.45) is 4.05. The van der Waals surface area contributed by atoms with Gasteiger partial charge in [-0.2, -0.15) is 0 Å². The van der Waals surface area contributed by atoms with Gasteiger partial charge in [-0.3, -0.25) is 0 Å². The van der Waals surface area contributed by atoms with Gasteiger partial charge >= 0.3 is 0 Å². The van der Waals surface area contributed by atoms with E-state index in [9.17, 15) is 0 Å². The first-order chi connectivity index (χ1) is 8.93. The standard InChI is InChI=1S/C17H27NO/c1-17(2,3)16(19-4)15(18)14-10-6-9-13(11-14)12-7-5-8-12/h6,9-12,15-16H,5,7-8,18H2,1-4H3. The molecule has 2 N–H and O–H groups in total. The van der Waals surface area contributed by atoms with Gasteiger partial charge in [0.25, 0.3) is 0 Å². The summed E-state index contributed by atoms with van der Waals surface area (Å²) in [5.41, 5.74) is 9.13. The molecule has 2 nitrogen and oxygen atoms in total. The SMILES string of the molecule is COC(C(N)c1cccc(C2CCC2)c1)C(C)(C)C. The maximum Gasteiger partial charge on any atom is 0.0811 e. The molecule has 0 heterocycles. The first kappa shape index (κ1) is 14.5. The second-order valence-electron chi connectivity index (χ2n) is 6.85. The van der Waals surface area contributed by atoms with Crippen LogP contribution in [0.15, 0.2) is 24.3 Å². The van der Waals surface area contributed by atoms with Gasteiger partial charge in [-0.1, -0.05) is 51.5 Å². The molecule has 0 spiro atoms. The van der Waals surface area contributed by atoms with Crippen molar-refractivity contribution < 1.29 is 4.74 Å². The van der Waals surface area contributed by atoms with E-state index in [2.05, 4.69) is 45.0 Å². The zero-order chi connectivity index (χ0) is 14.0. The van der Waals surface area contributed by atoms with Gasteiger partial charge in [-0.05, 0) is 35.3 Å². The van der Waals surface area contributed by atoms with Crippen molar-refractivity contribution in [2.24, 2.45) is 11.1 Å². The molecule has 0 amide bonds. The number of ether oxygens (including phenoxy) is 1. The van der Waals surface area contributed by atoms with Gasteiger partial charge in [-0.25, -0.2) is 0 Å². The molecule has 2 heteroatoms. The highest BCUT2D eigenvalue weighted by Gasteiger charge is 2.31. The fourth-order valence-electron chi connectivity index (χ4n) is 2.98. The van der Waals surface area contributed by atoms with Crippen molar-refractivity contribution in [1.29, 1.82) is 0 Å². The molecule has 1 fully saturated rings. The first-order valence-electron chi connectivity index (χ1n) is 7.31. The predicted octanol–water partition coefficient (Wildman–Crippen LogP) is 4.02. The Kier molecular flexibility index (Phi) is 4.32. The van der Waals surface area contributed by atoms with E-state index in [1.807, 2.05) is 0 Å². The Morgan fingerprint density at radius 1 is 1.26 bits per heavy atom. The molecule has 0 aromatic heterocycles. The maximum absolute atomic E-state index is 6.44. The van der Waals surface area contributed by atoms with Crippen LogP contribution in [-0.4, -0.2) is 13.2 Å². The molecule has 106 valence electrons. The fourth-order valence-corrected chi connectivity index (χ4v) is 2.98. The normalized spacial score (nSPS) is 19.8. The lowest BCUT2D eigenvalue weighted by Gasteiger charge is -2.35. The number of hydrogen-bond acceptors (Lipinski definition) is 2. The van der Waals surface area contributed by atoms with E-state index in [1.54, 1.807) is 7.11 Å². The van der Waals surface area contributed by atoms with Crippen molar-refractivity contribution in [1.82, 2.24) is 0 Å². The van der Waals surface area contributed by atoms with Crippen molar-refractivity contribution in [2.75, 3.05) is 7.11 Å². The lowest BCUT2D eigenvalue weighted by Crippen LogP contribution is -2.38. The number of benzene rings is 1. The van der Waals surface area contributed by atoms with E-state index in [0.29, 0.717) is 0 Å². The van der Waals surface area contributed by atoms with Crippen LogP contribution in [0.4, 0.5) is 0 Å². The largest absolute Gasteiger partial charge is 0.379 e. The van der Waals surface area contributed by atoms with E-state index in [0.717, 1.165) is 5.92 Å². The molecule has 1 aliphatic rings. The van der Waals surface area contributed by atoms with E-state index in [1.165, 1.54) is 30.4 Å². The molecule has 1 aromatic carbocycles. The highest BCUT2D eigenvalue weighted by molar-refractivity contribution is 5.30. The summed E-state index contributed by atoms with van der Waals surface area (Å²) in [6.45, 7) is 6.53. The van der Waals surface area contributed by atoms with Gasteiger partial charge in [0.1, 0.15) is 0 Å². The lowest BCUT2D eigenvalue weighted by molar-refractivity contribution is -0.00245. The zero-order valence-electron chi connectivity index (χ0n) is 12.6. The Balaban J connectivity index is 2.20. The van der Waals surface area contributed by atoms with Crippen LogP contribution in [-0.2, 0) is 4.74 Å². The van der Waals surface area contributed by atoms with Crippen molar-refractivity contribution in [2.45, 2.75) is 58.1 Å². The molecule has 0 saturated heterocycles. The van der Waals surface area contributed by atoms with E-state index < -0.39 is 0 Å². The molecule has 2 atom stereocenters. The Morgan fingerprint density at radius 3 is 2.42 bits per heavy atom. The van der Waals surface area contributed by atoms with Crippen molar-refractivity contribution in [3.8, 4) is 0 Å². The molecule has 1 saturated carbocycles. The third-order valence-electron chi connectivity index (χ3n) is 4.31. The predicted molar refractivity (Wildman–Crippen MR) is 80.2 cm³/mol. The molecule has 1 aliphatic carbocycles. The first-order valence-corrected chi connectivity index (χ1v) is 7.31. The van der Waals surface area contributed by atoms with Crippen LogP contribution in [0.25, 0.3) is 0 Å². The summed E-state index contributed by atoms with van der Waals surface area (Å²) in [6, 6.07) is 8.72. The second kappa shape index (κ2) is 5.64. The average molecular weight is 261 g/mol. The molecule has 1 aromatic rings. The Hall–Kier alpha value is -0.860. The van der Waals surface area contributed by atoms with Gasteiger partial charge in [0, 0.05) is 7.11 Å². The molecule has 0 aliphatic heterocycles. The molecule has 2 unspecified atom stereocenters. The highest BCUT2D eigenvalue weighted by Crippen LogP contribution is 2.38. The van der Waals surface area contributed by atoms with Crippen LogP contribution in [0.2, 0.25) is 0 Å². The van der Waals surface area contributed by atoms with Gasteiger partial charge in [0.2, 0.25) is 0 Å². The number of nitrogens with two attached hydrogens (primary N) is 1. The van der Waals surface area contributed by atoms with E-state index in [-0.39, 0.29) is 17.6 Å². The topological polar surface area (TPSA) is 35.2 Å². The third-order valence-corrected chi connectivity index (χ3v) is 4.31. The van der Waals surface area contributed by atoms with Crippen molar-refractivity contribution in [3.63, 3.8) is 0 Å². The summed E-state index contributed by atoms with van der Waals surface area (Å²) < 4.78 is 5.65. The Morgan fingerprint density at radius 2 is 1.95 bits per heavy atom. The van der Waals surface area contributed by atoms with Crippen LogP contribution < -0.4 is 5.73 Å². The smallest absolute Gasteiger partial charge is 0.0811 e. The van der Waals surface area contributed by atoms with Gasteiger partial charge in [0.05, 0.1) is 12.1 Å². The zero-order valence-corrected chi connectivity index (χ0v) is 12.6. The maximum atomic E-state index is 6.44. The van der Waals surface area contributed by atoms with Crippen LogP contribution in [0, 0.1) is 5.41 Å². The molecule has 0 radical (unpaired) electrons. The second-order valence-corrected chi connectivity index (χ2v) is 6.85. The van der Waals surface area contributed by atoms with Gasteiger partial charge in [-0.15, -0.1) is 0 Å².